The lowest BCUT2D eigenvalue weighted by Crippen LogP contribution is -2.22. The van der Waals surface area contributed by atoms with Gasteiger partial charge in [-0.25, -0.2) is 4.98 Å². The van der Waals surface area contributed by atoms with Gasteiger partial charge in [0, 0.05) is 5.41 Å². The van der Waals surface area contributed by atoms with Gasteiger partial charge in [-0.2, -0.15) is 4.98 Å². The van der Waals surface area contributed by atoms with Gasteiger partial charge in [-0.15, -0.1) is 0 Å². The molecule has 1 aliphatic carbocycles. The molecule has 1 aliphatic rings. The molecule has 0 bridgehead atoms. The summed E-state index contributed by atoms with van der Waals surface area (Å²) in [5, 5.41) is 4.20. The minimum absolute atomic E-state index is 0.105. The second-order valence-corrected chi connectivity index (χ2v) is 5.35. The molecule has 2 heterocycles. The van der Waals surface area contributed by atoms with E-state index in [1.807, 2.05) is 12.1 Å². The van der Waals surface area contributed by atoms with Crippen molar-refractivity contribution in [3.8, 4) is 17.3 Å². The Balaban J connectivity index is 1.89. The number of methoxy groups -OCH3 is 1. The van der Waals surface area contributed by atoms with E-state index in [2.05, 4.69) is 22.0 Å². The molecule has 0 atom stereocenters. The molecule has 0 unspecified atom stereocenters. The zero-order valence-corrected chi connectivity index (χ0v) is 11.9. The quantitative estimate of drug-likeness (QED) is 0.854. The third-order valence-corrected chi connectivity index (χ3v) is 4.33. The van der Waals surface area contributed by atoms with Crippen LogP contribution >= 0.6 is 0 Å². The smallest absolute Gasteiger partial charge is 0.276 e. The van der Waals surface area contributed by atoms with Crippen LogP contribution in [0.1, 0.15) is 44.9 Å². The van der Waals surface area contributed by atoms with Gasteiger partial charge in [-0.1, -0.05) is 24.9 Å². The predicted octanol–water partition coefficient (Wildman–Crippen LogP) is 3.36. The fourth-order valence-electron chi connectivity index (χ4n) is 2.96. The normalized spacial score (nSPS) is 17.3. The average molecular weight is 273 g/mol. The molecule has 2 aromatic rings. The van der Waals surface area contributed by atoms with E-state index in [0.29, 0.717) is 17.3 Å². The molecule has 3 rings (SSSR count). The summed E-state index contributed by atoms with van der Waals surface area (Å²) in [6.45, 7) is 2.20. The van der Waals surface area contributed by atoms with Crippen molar-refractivity contribution in [2.75, 3.05) is 7.11 Å². The Bertz CT molecular complexity index is 571. The van der Waals surface area contributed by atoms with E-state index in [9.17, 15) is 0 Å². The maximum Gasteiger partial charge on any atom is 0.276 e. The van der Waals surface area contributed by atoms with Crippen LogP contribution in [0.5, 0.6) is 5.75 Å². The number of aromatic nitrogens is 3. The highest BCUT2D eigenvalue weighted by Crippen LogP contribution is 2.42. The largest absolute Gasteiger partial charge is 0.495 e. The number of nitrogens with zero attached hydrogens (tertiary/aromatic N) is 3. The standard InChI is InChI=1S/C15H19N3O2/c1-3-15(8-4-5-9-15)14-17-13(20-18-14)12-7-6-11(19-2)10-16-12/h6-7,10H,3-5,8-9H2,1-2H3. The molecule has 20 heavy (non-hydrogen) atoms. The third-order valence-electron chi connectivity index (χ3n) is 4.33. The molecule has 2 aromatic heterocycles. The summed E-state index contributed by atoms with van der Waals surface area (Å²) < 4.78 is 10.5. The first-order chi connectivity index (χ1) is 9.77. The molecule has 0 radical (unpaired) electrons. The summed E-state index contributed by atoms with van der Waals surface area (Å²) in [6, 6.07) is 3.68. The highest BCUT2D eigenvalue weighted by molar-refractivity contribution is 5.47. The molecule has 5 nitrogen and oxygen atoms in total. The van der Waals surface area contributed by atoms with Gasteiger partial charge in [0.1, 0.15) is 11.4 Å². The summed E-state index contributed by atoms with van der Waals surface area (Å²) in [7, 11) is 1.62. The Hall–Kier alpha value is -1.91. The molecule has 0 N–H and O–H groups in total. The molecule has 1 fully saturated rings. The molecule has 0 saturated heterocycles. The molecule has 0 aliphatic heterocycles. The van der Waals surface area contributed by atoms with Crippen LogP contribution in [0.4, 0.5) is 0 Å². The number of hydrogen-bond donors (Lipinski definition) is 0. The Kier molecular flexibility index (Phi) is 3.42. The number of pyridine rings is 1. The van der Waals surface area contributed by atoms with Crippen LogP contribution < -0.4 is 4.74 Å². The van der Waals surface area contributed by atoms with Gasteiger partial charge < -0.3 is 9.26 Å². The van der Waals surface area contributed by atoms with E-state index in [1.165, 1.54) is 12.8 Å². The van der Waals surface area contributed by atoms with Crippen LogP contribution in [-0.2, 0) is 5.41 Å². The number of hydrogen-bond acceptors (Lipinski definition) is 5. The Morgan fingerprint density at radius 3 is 2.70 bits per heavy atom. The van der Waals surface area contributed by atoms with Crippen molar-refractivity contribution in [2.24, 2.45) is 0 Å². The van der Waals surface area contributed by atoms with Crippen molar-refractivity contribution in [3.63, 3.8) is 0 Å². The highest BCUT2D eigenvalue weighted by Gasteiger charge is 2.38. The maximum absolute atomic E-state index is 5.40. The summed E-state index contributed by atoms with van der Waals surface area (Å²) in [4.78, 5) is 8.87. The first-order valence-corrected chi connectivity index (χ1v) is 7.12. The van der Waals surface area contributed by atoms with Crippen molar-refractivity contribution < 1.29 is 9.26 Å². The fourth-order valence-corrected chi connectivity index (χ4v) is 2.96. The van der Waals surface area contributed by atoms with E-state index in [0.717, 1.165) is 25.1 Å². The molecule has 106 valence electrons. The zero-order chi connectivity index (χ0) is 14.0. The van der Waals surface area contributed by atoms with Crippen LogP contribution in [0.2, 0.25) is 0 Å². The van der Waals surface area contributed by atoms with Gasteiger partial charge in [0.2, 0.25) is 0 Å². The molecule has 0 aromatic carbocycles. The van der Waals surface area contributed by atoms with E-state index in [4.69, 9.17) is 9.26 Å². The van der Waals surface area contributed by atoms with E-state index in [1.54, 1.807) is 13.3 Å². The van der Waals surface area contributed by atoms with Crippen molar-refractivity contribution in [2.45, 2.75) is 44.4 Å². The highest BCUT2D eigenvalue weighted by atomic mass is 16.5. The van der Waals surface area contributed by atoms with Crippen LogP contribution in [0.25, 0.3) is 11.6 Å². The molecule has 0 amide bonds. The predicted molar refractivity (Wildman–Crippen MR) is 74.5 cm³/mol. The molecular formula is C15H19N3O2. The first kappa shape index (κ1) is 13.1. The third kappa shape index (κ3) is 2.17. The van der Waals surface area contributed by atoms with Gasteiger partial charge in [0.25, 0.3) is 5.89 Å². The van der Waals surface area contributed by atoms with Crippen LogP contribution in [0.15, 0.2) is 22.9 Å². The monoisotopic (exact) mass is 273 g/mol. The van der Waals surface area contributed by atoms with Crippen molar-refractivity contribution in [3.05, 3.63) is 24.2 Å². The Morgan fingerprint density at radius 2 is 2.10 bits per heavy atom. The van der Waals surface area contributed by atoms with Crippen molar-refractivity contribution in [1.29, 1.82) is 0 Å². The minimum atomic E-state index is 0.105. The summed E-state index contributed by atoms with van der Waals surface area (Å²) in [5.41, 5.74) is 0.794. The average Bonchev–Trinajstić information content (AvgIpc) is 3.17. The lowest BCUT2D eigenvalue weighted by Gasteiger charge is -2.22. The van der Waals surface area contributed by atoms with Crippen molar-refractivity contribution in [1.82, 2.24) is 15.1 Å². The summed E-state index contributed by atoms with van der Waals surface area (Å²) in [6.07, 6.45) is 7.51. The van der Waals surface area contributed by atoms with Crippen molar-refractivity contribution >= 4 is 0 Å². The lowest BCUT2D eigenvalue weighted by molar-refractivity contribution is 0.356. The van der Waals surface area contributed by atoms with Gasteiger partial charge in [-0.3, -0.25) is 0 Å². The Morgan fingerprint density at radius 1 is 1.30 bits per heavy atom. The Labute approximate surface area is 118 Å². The lowest BCUT2D eigenvalue weighted by atomic mass is 9.83. The summed E-state index contributed by atoms with van der Waals surface area (Å²) in [5.74, 6) is 2.04. The second kappa shape index (κ2) is 5.23. The fraction of sp³-hybridized carbons (Fsp3) is 0.533. The summed E-state index contributed by atoms with van der Waals surface area (Å²) >= 11 is 0. The molecular weight excluding hydrogens is 254 g/mol. The first-order valence-electron chi connectivity index (χ1n) is 7.12. The minimum Gasteiger partial charge on any atom is -0.495 e. The van der Waals surface area contributed by atoms with Gasteiger partial charge >= 0.3 is 0 Å². The SMILES string of the molecule is CCC1(c2noc(-c3ccc(OC)cn3)n2)CCCC1. The second-order valence-electron chi connectivity index (χ2n) is 5.35. The number of ether oxygens (including phenoxy) is 1. The van der Waals surface area contributed by atoms with E-state index in [-0.39, 0.29) is 5.41 Å². The van der Waals surface area contributed by atoms with Crippen LogP contribution in [0, 0.1) is 0 Å². The maximum atomic E-state index is 5.40. The van der Waals surface area contributed by atoms with Crippen LogP contribution in [-0.4, -0.2) is 22.2 Å². The number of rotatable bonds is 4. The van der Waals surface area contributed by atoms with Crippen LogP contribution in [0.3, 0.4) is 0 Å². The van der Waals surface area contributed by atoms with Gasteiger partial charge in [0.05, 0.1) is 13.3 Å². The van der Waals surface area contributed by atoms with E-state index >= 15 is 0 Å². The zero-order valence-electron chi connectivity index (χ0n) is 11.9. The topological polar surface area (TPSA) is 61.0 Å². The molecule has 5 heteroatoms. The van der Waals surface area contributed by atoms with Gasteiger partial charge in [0.15, 0.2) is 5.82 Å². The van der Waals surface area contributed by atoms with E-state index < -0.39 is 0 Å². The van der Waals surface area contributed by atoms with Gasteiger partial charge in [-0.05, 0) is 31.4 Å². The molecule has 0 spiro atoms. The molecule has 1 saturated carbocycles.